The molecule has 0 rings (SSSR count). The van der Waals surface area contributed by atoms with Crippen molar-refractivity contribution in [2.45, 2.75) is 142 Å². The van der Waals surface area contributed by atoms with E-state index in [1.54, 1.807) is 0 Å². The van der Waals surface area contributed by atoms with E-state index in [0.717, 1.165) is 0 Å². The molecule has 2 heteroatoms. The molecule has 0 fully saturated rings. The van der Waals surface area contributed by atoms with Crippen molar-refractivity contribution in [1.29, 1.82) is 0 Å². The van der Waals surface area contributed by atoms with Gasteiger partial charge in [0.2, 0.25) is 0 Å². The van der Waals surface area contributed by atoms with E-state index in [2.05, 4.69) is 20.8 Å². The predicted molar refractivity (Wildman–Crippen MR) is 118 cm³/mol. The molecular weight excluding hydrogens is 320 g/mol. The fourth-order valence-corrected chi connectivity index (χ4v) is 8.06. The summed E-state index contributed by atoms with van der Waals surface area (Å²) in [6.07, 6.45) is 22.6. The first-order chi connectivity index (χ1) is 12.2. The topological polar surface area (TPSA) is 9.23 Å². The van der Waals surface area contributed by atoms with Crippen molar-refractivity contribution >= 4 is 8.32 Å². The average molecular weight is 371 g/mol. The summed E-state index contributed by atoms with van der Waals surface area (Å²) in [4.78, 5) is 0. The summed E-state index contributed by atoms with van der Waals surface area (Å²) in [6, 6.07) is 4.27. The van der Waals surface area contributed by atoms with Crippen LogP contribution in [0.5, 0.6) is 0 Å². The van der Waals surface area contributed by atoms with Gasteiger partial charge < -0.3 is 4.43 Å². The first-order valence-electron chi connectivity index (χ1n) is 11.8. The van der Waals surface area contributed by atoms with Crippen molar-refractivity contribution in [3.05, 3.63) is 0 Å². The molecule has 0 spiro atoms. The normalized spacial score (nSPS) is 12.0. The molecule has 0 radical (unpaired) electrons. The zero-order chi connectivity index (χ0) is 18.6. The van der Waals surface area contributed by atoms with Crippen LogP contribution in [0.15, 0.2) is 0 Å². The van der Waals surface area contributed by atoms with Gasteiger partial charge in [0.25, 0.3) is 0 Å². The van der Waals surface area contributed by atoms with Crippen LogP contribution < -0.4 is 0 Å². The Balaban J connectivity index is 4.11. The Hall–Kier alpha value is 0.177. The second-order valence-corrected chi connectivity index (χ2v) is 12.5. The van der Waals surface area contributed by atoms with E-state index in [1.807, 2.05) is 7.11 Å². The van der Waals surface area contributed by atoms with Crippen molar-refractivity contribution in [3.63, 3.8) is 0 Å². The van der Waals surface area contributed by atoms with Gasteiger partial charge in [0.1, 0.15) is 0 Å². The Morgan fingerprint density at radius 3 is 1.04 bits per heavy atom. The Kier molecular flexibility index (Phi) is 19.1. The van der Waals surface area contributed by atoms with Crippen LogP contribution >= 0.6 is 0 Å². The lowest BCUT2D eigenvalue weighted by molar-refractivity contribution is 0.380. The highest BCUT2D eigenvalue weighted by molar-refractivity contribution is 6.73. The molecule has 0 heterocycles. The van der Waals surface area contributed by atoms with Crippen LogP contribution in [0.2, 0.25) is 18.1 Å². The van der Waals surface area contributed by atoms with Gasteiger partial charge in [-0.3, -0.25) is 0 Å². The van der Waals surface area contributed by atoms with Gasteiger partial charge in [-0.2, -0.15) is 0 Å². The van der Waals surface area contributed by atoms with Crippen molar-refractivity contribution in [3.8, 4) is 0 Å². The van der Waals surface area contributed by atoms with Crippen LogP contribution in [0.1, 0.15) is 124 Å². The molecule has 0 aliphatic heterocycles. The molecule has 0 bridgehead atoms. The highest BCUT2D eigenvalue weighted by Crippen LogP contribution is 2.30. The van der Waals surface area contributed by atoms with Gasteiger partial charge in [-0.25, -0.2) is 0 Å². The minimum Gasteiger partial charge on any atom is -0.420 e. The fourth-order valence-electron chi connectivity index (χ4n) is 4.01. The minimum atomic E-state index is -1.45. The molecule has 0 aromatic carbocycles. The standard InChI is InChI=1S/C23H50OSi/c1-5-8-11-14-15-16-17-20-23-25(24-4,21-18-12-9-6-2)22-19-13-10-7-3/h5-23H2,1-4H3. The Labute approximate surface area is 161 Å². The second-order valence-electron chi connectivity index (χ2n) is 8.23. The quantitative estimate of drug-likeness (QED) is 0.153. The second kappa shape index (κ2) is 19.0. The third kappa shape index (κ3) is 15.0. The zero-order valence-electron chi connectivity index (χ0n) is 18.3. The summed E-state index contributed by atoms with van der Waals surface area (Å²) in [5.74, 6) is 0. The zero-order valence-corrected chi connectivity index (χ0v) is 19.3. The fraction of sp³-hybridized carbons (Fsp3) is 1.00. The number of rotatable bonds is 20. The van der Waals surface area contributed by atoms with Crippen LogP contribution in [0.4, 0.5) is 0 Å². The van der Waals surface area contributed by atoms with Crippen molar-refractivity contribution < 1.29 is 4.43 Å². The molecular formula is C23H50OSi. The van der Waals surface area contributed by atoms with Gasteiger partial charge in [-0.05, 0) is 18.1 Å². The van der Waals surface area contributed by atoms with E-state index in [9.17, 15) is 0 Å². The molecule has 0 unspecified atom stereocenters. The van der Waals surface area contributed by atoms with Crippen LogP contribution in [-0.2, 0) is 4.43 Å². The van der Waals surface area contributed by atoms with Gasteiger partial charge >= 0.3 is 0 Å². The van der Waals surface area contributed by atoms with E-state index in [0.29, 0.717) is 0 Å². The van der Waals surface area contributed by atoms with E-state index in [1.165, 1.54) is 121 Å². The lowest BCUT2D eigenvalue weighted by atomic mass is 10.1. The highest BCUT2D eigenvalue weighted by Gasteiger charge is 2.31. The molecule has 0 aromatic rings. The molecule has 0 aromatic heterocycles. The molecule has 0 saturated carbocycles. The maximum absolute atomic E-state index is 6.30. The van der Waals surface area contributed by atoms with E-state index < -0.39 is 8.32 Å². The Morgan fingerprint density at radius 2 is 0.720 bits per heavy atom. The number of hydrogen-bond acceptors (Lipinski definition) is 1. The molecule has 0 saturated heterocycles. The summed E-state index contributed by atoms with van der Waals surface area (Å²) < 4.78 is 6.30. The first-order valence-corrected chi connectivity index (χ1v) is 14.3. The van der Waals surface area contributed by atoms with Crippen molar-refractivity contribution in [1.82, 2.24) is 0 Å². The van der Waals surface area contributed by atoms with E-state index in [4.69, 9.17) is 4.43 Å². The third-order valence-corrected chi connectivity index (χ3v) is 10.6. The maximum Gasteiger partial charge on any atom is 0.192 e. The number of hydrogen-bond donors (Lipinski definition) is 0. The Bertz CT molecular complexity index is 242. The summed E-state index contributed by atoms with van der Waals surface area (Å²) >= 11 is 0. The average Bonchev–Trinajstić information content (AvgIpc) is 2.64. The molecule has 152 valence electrons. The van der Waals surface area contributed by atoms with Gasteiger partial charge in [0, 0.05) is 7.11 Å². The van der Waals surface area contributed by atoms with Gasteiger partial charge in [-0.15, -0.1) is 0 Å². The number of unbranched alkanes of at least 4 members (excludes halogenated alkanes) is 13. The van der Waals surface area contributed by atoms with Gasteiger partial charge in [0.05, 0.1) is 0 Å². The first kappa shape index (κ1) is 25.2. The molecule has 0 N–H and O–H groups in total. The lowest BCUT2D eigenvalue weighted by Gasteiger charge is -2.30. The lowest BCUT2D eigenvalue weighted by Crippen LogP contribution is -2.36. The van der Waals surface area contributed by atoms with E-state index >= 15 is 0 Å². The summed E-state index contributed by atoms with van der Waals surface area (Å²) in [5, 5.41) is 0. The van der Waals surface area contributed by atoms with E-state index in [-0.39, 0.29) is 0 Å². The highest BCUT2D eigenvalue weighted by atomic mass is 28.4. The molecule has 25 heavy (non-hydrogen) atoms. The van der Waals surface area contributed by atoms with Crippen LogP contribution in [0.25, 0.3) is 0 Å². The van der Waals surface area contributed by atoms with Crippen LogP contribution in [0, 0.1) is 0 Å². The summed E-state index contributed by atoms with van der Waals surface area (Å²) in [7, 11) is 0.588. The SMILES string of the molecule is CCCCCCCCCC[Si](CCCCCC)(CCCCCC)OC. The summed E-state index contributed by atoms with van der Waals surface area (Å²) in [6.45, 7) is 6.93. The monoisotopic (exact) mass is 370 g/mol. The Morgan fingerprint density at radius 1 is 0.440 bits per heavy atom. The van der Waals surface area contributed by atoms with Crippen molar-refractivity contribution in [2.24, 2.45) is 0 Å². The minimum absolute atomic E-state index is 1.34. The van der Waals surface area contributed by atoms with Gasteiger partial charge in [-0.1, -0.05) is 124 Å². The molecule has 0 aliphatic rings. The smallest absolute Gasteiger partial charge is 0.192 e. The molecule has 0 atom stereocenters. The summed E-state index contributed by atoms with van der Waals surface area (Å²) in [5.41, 5.74) is 0. The molecule has 0 aliphatic carbocycles. The van der Waals surface area contributed by atoms with Gasteiger partial charge in [0.15, 0.2) is 8.32 Å². The largest absolute Gasteiger partial charge is 0.420 e. The van der Waals surface area contributed by atoms with Crippen LogP contribution in [-0.4, -0.2) is 15.4 Å². The van der Waals surface area contributed by atoms with Crippen LogP contribution in [0.3, 0.4) is 0 Å². The maximum atomic E-state index is 6.30. The molecule has 0 amide bonds. The molecule has 1 nitrogen and oxygen atoms in total. The van der Waals surface area contributed by atoms with Crippen molar-refractivity contribution in [2.75, 3.05) is 7.11 Å². The predicted octanol–water partition coefficient (Wildman–Crippen LogP) is 8.88. The third-order valence-electron chi connectivity index (χ3n) is 5.89.